The van der Waals surface area contributed by atoms with Crippen LogP contribution in [0.2, 0.25) is 0 Å². The van der Waals surface area contributed by atoms with Crippen LogP contribution in [0.4, 0.5) is 0 Å². The summed E-state index contributed by atoms with van der Waals surface area (Å²) >= 11 is 0. The van der Waals surface area contributed by atoms with Gasteiger partial charge in [-0.3, -0.25) is 0 Å². The molecule has 0 heteroatoms. The van der Waals surface area contributed by atoms with Crippen molar-refractivity contribution >= 4 is 10.8 Å². The molecule has 2 rings (SSSR count). The van der Waals surface area contributed by atoms with Gasteiger partial charge in [0.25, 0.3) is 0 Å². The molecule has 0 amide bonds. The number of unbranched alkanes of at least 4 members (excludes halogenated alkanes) is 8. The van der Waals surface area contributed by atoms with Crippen molar-refractivity contribution in [2.75, 3.05) is 0 Å². The van der Waals surface area contributed by atoms with E-state index in [0.29, 0.717) is 0 Å². The van der Waals surface area contributed by atoms with E-state index >= 15 is 0 Å². The zero-order valence-corrected chi connectivity index (χ0v) is 13.9. The first-order valence-electron chi connectivity index (χ1n) is 8.99. The molecule has 2 aromatic rings. The Bertz CT molecular complexity index is 553. The molecule has 118 valence electrons. The molecule has 0 atom stereocenters. The van der Waals surface area contributed by atoms with Gasteiger partial charge in [0.05, 0.1) is 0 Å². The minimum atomic E-state index is 1.19. The molecule has 2 aromatic carbocycles. The van der Waals surface area contributed by atoms with Crippen LogP contribution >= 0.6 is 0 Å². The third-order valence-electron chi connectivity index (χ3n) is 4.44. The van der Waals surface area contributed by atoms with Crippen LogP contribution in [0.3, 0.4) is 0 Å². The Balaban J connectivity index is 1.55. The minimum Gasteiger partial charge on any atom is -0.103 e. The van der Waals surface area contributed by atoms with E-state index in [9.17, 15) is 0 Å². The summed E-state index contributed by atoms with van der Waals surface area (Å²) in [6.07, 6.45) is 15.5. The number of allylic oxidation sites excluding steroid dienone is 1. The Morgan fingerprint density at radius 2 is 1.32 bits per heavy atom. The molecular formula is C22H30. The molecule has 0 aliphatic heterocycles. The van der Waals surface area contributed by atoms with Crippen molar-refractivity contribution in [1.29, 1.82) is 0 Å². The first-order chi connectivity index (χ1) is 10.9. The molecule has 0 bridgehead atoms. The monoisotopic (exact) mass is 294 g/mol. The van der Waals surface area contributed by atoms with E-state index in [0.717, 1.165) is 0 Å². The average molecular weight is 294 g/mol. The first-order valence-corrected chi connectivity index (χ1v) is 8.99. The Kier molecular flexibility index (Phi) is 7.80. The maximum atomic E-state index is 3.77. The molecule has 0 fully saturated rings. The van der Waals surface area contributed by atoms with Crippen molar-refractivity contribution in [2.24, 2.45) is 0 Å². The summed E-state index contributed by atoms with van der Waals surface area (Å²) in [7, 11) is 0. The van der Waals surface area contributed by atoms with Crippen molar-refractivity contribution in [3.05, 3.63) is 60.7 Å². The zero-order valence-electron chi connectivity index (χ0n) is 13.9. The molecular weight excluding hydrogens is 264 g/mol. The van der Waals surface area contributed by atoms with E-state index in [4.69, 9.17) is 0 Å². The third-order valence-corrected chi connectivity index (χ3v) is 4.44. The molecule has 0 radical (unpaired) electrons. The van der Waals surface area contributed by atoms with Crippen LogP contribution < -0.4 is 0 Å². The highest BCUT2D eigenvalue weighted by Gasteiger charge is 1.97. The van der Waals surface area contributed by atoms with Crippen LogP contribution in [0.5, 0.6) is 0 Å². The Morgan fingerprint density at radius 3 is 2.05 bits per heavy atom. The molecule has 0 spiro atoms. The van der Waals surface area contributed by atoms with Crippen molar-refractivity contribution in [3.63, 3.8) is 0 Å². The van der Waals surface area contributed by atoms with Gasteiger partial charge >= 0.3 is 0 Å². The van der Waals surface area contributed by atoms with E-state index in [1.807, 2.05) is 6.08 Å². The van der Waals surface area contributed by atoms with Crippen LogP contribution in [-0.2, 0) is 6.42 Å². The van der Waals surface area contributed by atoms with Crippen molar-refractivity contribution in [1.82, 2.24) is 0 Å². The average Bonchev–Trinajstić information content (AvgIpc) is 2.56. The van der Waals surface area contributed by atoms with Crippen molar-refractivity contribution in [3.8, 4) is 0 Å². The molecule has 0 nitrogen and oxygen atoms in total. The van der Waals surface area contributed by atoms with Gasteiger partial charge in [-0.2, -0.15) is 0 Å². The molecule has 0 saturated heterocycles. The molecule has 0 heterocycles. The van der Waals surface area contributed by atoms with E-state index in [1.165, 1.54) is 80.5 Å². The quantitative estimate of drug-likeness (QED) is 0.307. The minimum absolute atomic E-state index is 1.19. The summed E-state index contributed by atoms with van der Waals surface area (Å²) in [5.41, 5.74) is 1.49. The van der Waals surface area contributed by atoms with E-state index in [2.05, 4.69) is 49.0 Å². The lowest BCUT2D eigenvalue weighted by Crippen LogP contribution is -1.87. The lowest BCUT2D eigenvalue weighted by atomic mass is 10.0. The van der Waals surface area contributed by atoms with Crippen LogP contribution in [0, 0.1) is 0 Å². The number of aryl methyl sites for hydroxylation is 1. The third kappa shape index (κ3) is 6.05. The lowest BCUT2D eigenvalue weighted by Gasteiger charge is -2.04. The van der Waals surface area contributed by atoms with Gasteiger partial charge in [0.1, 0.15) is 0 Å². The second-order valence-electron chi connectivity index (χ2n) is 6.34. The number of benzene rings is 2. The molecule has 0 unspecified atom stereocenters. The standard InChI is InChI=1S/C22H30/c1-2-3-4-5-6-7-8-9-10-11-14-20-17-18-21-15-12-13-16-22(21)19-20/h2,12-13,15-19H,1,3-11,14H2. The molecule has 0 aromatic heterocycles. The Labute approximate surface area is 136 Å². The maximum absolute atomic E-state index is 3.77. The predicted molar refractivity (Wildman–Crippen MR) is 99.4 cm³/mol. The highest BCUT2D eigenvalue weighted by molar-refractivity contribution is 5.82. The maximum Gasteiger partial charge on any atom is -0.0181 e. The van der Waals surface area contributed by atoms with Gasteiger partial charge in [0, 0.05) is 0 Å². The fourth-order valence-corrected chi connectivity index (χ4v) is 3.07. The molecule has 0 aliphatic rings. The second-order valence-corrected chi connectivity index (χ2v) is 6.34. The normalized spacial score (nSPS) is 10.9. The van der Waals surface area contributed by atoms with E-state index in [1.54, 1.807) is 0 Å². The van der Waals surface area contributed by atoms with Gasteiger partial charge in [0.2, 0.25) is 0 Å². The molecule has 0 aliphatic carbocycles. The van der Waals surface area contributed by atoms with Gasteiger partial charge in [-0.15, -0.1) is 6.58 Å². The summed E-state index contributed by atoms with van der Waals surface area (Å²) in [5.74, 6) is 0. The summed E-state index contributed by atoms with van der Waals surface area (Å²) in [5, 5.41) is 2.72. The van der Waals surface area contributed by atoms with E-state index in [-0.39, 0.29) is 0 Å². The number of hydrogen-bond donors (Lipinski definition) is 0. The SMILES string of the molecule is C=CCCCCCCCCCCc1ccc2ccccc2c1. The van der Waals surface area contributed by atoms with Crippen molar-refractivity contribution in [2.45, 2.75) is 64.2 Å². The Morgan fingerprint density at radius 1 is 0.682 bits per heavy atom. The van der Waals surface area contributed by atoms with Gasteiger partial charge in [-0.25, -0.2) is 0 Å². The number of hydrogen-bond acceptors (Lipinski definition) is 0. The molecule has 0 saturated carbocycles. The largest absolute Gasteiger partial charge is 0.103 e. The zero-order chi connectivity index (χ0) is 15.5. The van der Waals surface area contributed by atoms with Crippen LogP contribution in [0.15, 0.2) is 55.1 Å². The topological polar surface area (TPSA) is 0 Å². The fourth-order valence-electron chi connectivity index (χ4n) is 3.07. The first kappa shape index (κ1) is 16.8. The molecule has 22 heavy (non-hydrogen) atoms. The summed E-state index contributed by atoms with van der Waals surface area (Å²) in [4.78, 5) is 0. The summed E-state index contributed by atoms with van der Waals surface area (Å²) < 4.78 is 0. The van der Waals surface area contributed by atoms with Crippen LogP contribution in [0.1, 0.15) is 63.4 Å². The van der Waals surface area contributed by atoms with Gasteiger partial charge in [0.15, 0.2) is 0 Å². The van der Waals surface area contributed by atoms with Crippen molar-refractivity contribution < 1.29 is 0 Å². The van der Waals surface area contributed by atoms with E-state index < -0.39 is 0 Å². The predicted octanol–water partition coefficient (Wildman–Crippen LogP) is 7.08. The summed E-state index contributed by atoms with van der Waals surface area (Å²) in [6.45, 7) is 3.77. The van der Waals surface area contributed by atoms with Crippen LogP contribution in [-0.4, -0.2) is 0 Å². The second kappa shape index (κ2) is 10.2. The van der Waals surface area contributed by atoms with Crippen LogP contribution in [0.25, 0.3) is 10.8 Å². The smallest absolute Gasteiger partial charge is 0.0181 e. The summed E-state index contributed by atoms with van der Waals surface area (Å²) in [6, 6.07) is 15.5. The number of fused-ring (bicyclic) bond motifs is 1. The fraction of sp³-hybridized carbons (Fsp3) is 0.455. The molecule has 0 N–H and O–H groups in total. The number of rotatable bonds is 11. The van der Waals surface area contributed by atoms with Gasteiger partial charge in [-0.05, 0) is 42.0 Å². The highest BCUT2D eigenvalue weighted by Crippen LogP contribution is 2.18. The Hall–Kier alpha value is -1.56. The highest BCUT2D eigenvalue weighted by atomic mass is 14.0. The lowest BCUT2D eigenvalue weighted by molar-refractivity contribution is 0.569. The van der Waals surface area contributed by atoms with Gasteiger partial charge < -0.3 is 0 Å². The van der Waals surface area contributed by atoms with Gasteiger partial charge in [-0.1, -0.05) is 87.1 Å².